The molecule has 38 valence electrons. The minimum atomic E-state index is -0.0417. The summed E-state index contributed by atoms with van der Waals surface area (Å²) in [6.07, 6.45) is 0. The van der Waals surface area contributed by atoms with Gasteiger partial charge in [-0.05, 0) is 13.8 Å². The average Bonchev–Trinajstić information content (AvgIpc) is 1.35. The van der Waals surface area contributed by atoms with E-state index in [1.165, 1.54) is 0 Å². The normalized spacial score (nSPS) is 12.0. The lowest BCUT2D eigenvalue weighted by atomic mass is 10.5. The molecule has 0 saturated carbocycles. The van der Waals surface area contributed by atoms with E-state index in [1.54, 1.807) is 7.11 Å². The first-order valence-electron chi connectivity index (χ1n) is 1.90. The maximum Gasteiger partial charge on any atom is 0.0753 e. The number of rotatable bonds is 1. The average molecular weight is 106 g/mol. The SMILES string of the molecule is COC(C)(C)P. The predicted molar refractivity (Wildman–Crippen MR) is 30.8 cm³/mol. The van der Waals surface area contributed by atoms with E-state index in [1.807, 2.05) is 13.8 Å². The van der Waals surface area contributed by atoms with Gasteiger partial charge in [0.2, 0.25) is 0 Å². The highest BCUT2D eigenvalue weighted by Gasteiger charge is 2.04. The molecule has 1 unspecified atom stereocenters. The van der Waals surface area contributed by atoms with E-state index in [2.05, 4.69) is 9.24 Å². The minimum absolute atomic E-state index is 0.0417. The first kappa shape index (κ1) is 6.39. The Labute approximate surface area is 41.3 Å². The Morgan fingerprint density at radius 3 is 1.67 bits per heavy atom. The van der Waals surface area contributed by atoms with Crippen molar-refractivity contribution in [1.82, 2.24) is 0 Å². The summed E-state index contributed by atoms with van der Waals surface area (Å²) in [5.41, 5.74) is 0. The van der Waals surface area contributed by atoms with Crippen LogP contribution < -0.4 is 0 Å². The van der Waals surface area contributed by atoms with Gasteiger partial charge in [-0.15, -0.1) is 9.24 Å². The Morgan fingerprint density at radius 1 is 1.50 bits per heavy atom. The van der Waals surface area contributed by atoms with Crippen molar-refractivity contribution in [1.29, 1.82) is 0 Å². The summed E-state index contributed by atoms with van der Waals surface area (Å²) in [6.45, 7) is 3.97. The van der Waals surface area contributed by atoms with E-state index in [0.717, 1.165) is 0 Å². The standard InChI is InChI=1S/C4H11OP/c1-4(2,6)5-3/h6H2,1-3H3. The summed E-state index contributed by atoms with van der Waals surface area (Å²) in [5, 5.41) is -0.0417. The van der Waals surface area contributed by atoms with Crippen LogP contribution in [0.15, 0.2) is 0 Å². The van der Waals surface area contributed by atoms with E-state index in [4.69, 9.17) is 4.74 Å². The predicted octanol–water partition coefficient (Wildman–Crippen LogP) is 1.24. The van der Waals surface area contributed by atoms with Crippen LogP contribution in [0.5, 0.6) is 0 Å². The second-order valence-corrected chi connectivity index (χ2v) is 3.20. The third-order valence-corrected chi connectivity index (χ3v) is 0.762. The molecule has 0 bridgehead atoms. The summed E-state index contributed by atoms with van der Waals surface area (Å²) in [5.74, 6) is 0. The van der Waals surface area contributed by atoms with Gasteiger partial charge in [-0.2, -0.15) is 0 Å². The molecule has 0 radical (unpaired) electrons. The number of hydrogen-bond acceptors (Lipinski definition) is 1. The monoisotopic (exact) mass is 106 g/mol. The van der Waals surface area contributed by atoms with Crippen LogP contribution >= 0.6 is 9.24 Å². The molecule has 0 spiro atoms. The fraction of sp³-hybridized carbons (Fsp3) is 1.00. The first-order valence-corrected chi connectivity index (χ1v) is 2.48. The molecule has 1 nitrogen and oxygen atoms in total. The van der Waals surface area contributed by atoms with Crippen LogP contribution in [0.1, 0.15) is 13.8 Å². The van der Waals surface area contributed by atoms with Crippen LogP contribution in [0.25, 0.3) is 0 Å². The zero-order valence-electron chi connectivity index (χ0n) is 4.49. The molecule has 6 heavy (non-hydrogen) atoms. The second kappa shape index (κ2) is 1.90. The molecule has 0 rings (SSSR count). The Kier molecular flexibility index (Phi) is 2.03. The molecule has 2 heteroatoms. The van der Waals surface area contributed by atoms with Gasteiger partial charge in [0, 0.05) is 7.11 Å². The van der Waals surface area contributed by atoms with E-state index in [0.29, 0.717) is 0 Å². The maximum atomic E-state index is 4.90. The Balaban J connectivity index is 3.17. The highest BCUT2D eigenvalue weighted by Crippen LogP contribution is 2.14. The van der Waals surface area contributed by atoms with E-state index >= 15 is 0 Å². The highest BCUT2D eigenvalue weighted by molar-refractivity contribution is 7.18. The first-order chi connectivity index (χ1) is 2.56. The molecule has 0 aliphatic rings. The molecule has 0 aliphatic carbocycles. The maximum absolute atomic E-state index is 4.90. The van der Waals surface area contributed by atoms with Crippen molar-refractivity contribution in [3.05, 3.63) is 0 Å². The molecule has 0 heterocycles. The number of ether oxygens (including phenoxy) is 1. The number of hydrogen-bond donors (Lipinski definition) is 0. The zero-order valence-corrected chi connectivity index (χ0v) is 5.64. The van der Waals surface area contributed by atoms with Crippen molar-refractivity contribution in [3.8, 4) is 0 Å². The molecule has 0 fully saturated rings. The minimum Gasteiger partial charge on any atom is -0.375 e. The van der Waals surface area contributed by atoms with Gasteiger partial charge in [0.25, 0.3) is 0 Å². The smallest absolute Gasteiger partial charge is 0.0753 e. The third-order valence-electron chi connectivity index (χ3n) is 0.526. The van der Waals surface area contributed by atoms with Gasteiger partial charge in [-0.1, -0.05) is 0 Å². The summed E-state index contributed by atoms with van der Waals surface area (Å²) in [4.78, 5) is 0. The van der Waals surface area contributed by atoms with Crippen LogP contribution in [-0.2, 0) is 4.74 Å². The highest BCUT2D eigenvalue weighted by atomic mass is 31.0. The van der Waals surface area contributed by atoms with Gasteiger partial charge in [0.05, 0.1) is 5.34 Å². The summed E-state index contributed by atoms with van der Waals surface area (Å²) in [7, 11) is 4.26. The van der Waals surface area contributed by atoms with E-state index < -0.39 is 0 Å². The van der Waals surface area contributed by atoms with Crippen molar-refractivity contribution in [2.45, 2.75) is 19.2 Å². The van der Waals surface area contributed by atoms with Gasteiger partial charge in [-0.25, -0.2) is 0 Å². The zero-order chi connectivity index (χ0) is 5.21. The molecule has 0 N–H and O–H groups in total. The third kappa shape index (κ3) is 4.39. The molecule has 0 saturated heterocycles. The number of methoxy groups -OCH3 is 1. The van der Waals surface area contributed by atoms with Crippen LogP contribution in [-0.4, -0.2) is 12.5 Å². The topological polar surface area (TPSA) is 9.23 Å². The Hall–Kier alpha value is 0.390. The van der Waals surface area contributed by atoms with Crippen molar-refractivity contribution < 1.29 is 4.74 Å². The molecule has 0 aromatic carbocycles. The largest absolute Gasteiger partial charge is 0.375 e. The lowest BCUT2D eigenvalue weighted by molar-refractivity contribution is 0.103. The molecule has 0 amide bonds. The van der Waals surface area contributed by atoms with Gasteiger partial charge in [-0.3, -0.25) is 0 Å². The van der Waals surface area contributed by atoms with Gasteiger partial charge in [0.1, 0.15) is 0 Å². The van der Waals surface area contributed by atoms with Crippen LogP contribution in [0.2, 0.25) is 0 Å². The fourth-order valence-electron chi connectivity index (χ4n) is 0. The molecule has 0 aromatic rings. The van der Waals surface area contributed by atoms with Crippen LogP contribution in [0.4, 0.5) is 0 Å². The summed E-state index contributed by atoms with van der Waals surface area (Å²) < 4.78 is 4.90. The Morgan fingerprint density at radius 2 is 1.67 bits per heavy atom. The summed E-state index contributed by atoms with van der Waals surface area (Å²) in [6, 6.07) is 0. The van der Waals surface area contributed by atoms with Crippen molar-refractivity contribution in [2.24, 2.45) is 0 Å². The van der Waals surface area contributed by atoms with Crippen molar-refractivity contribution in [2.75, 3.05) is 7.11 Å². The van der Waals surface area contributed by atoms with E-state index in [-0.39, 0.29) is 5.34 Å². The van der Waals surface area contributed by atoms with Crippen molar-refractivity contribution >= 4 is 9.24 Å². The van der Waals surface area contributed by atoms with Gasteiger partial charge >= 0.3 is 0 Å². The van der Waals surface area contributed by atoms with Gasteiger partial charge < -0.3 is 4.74 Å². The Bertz CT molecular complexity index is 37.3. The fourth-order valence-corrected chi connectivity index (χ4v) is 0. The van der Waals surface area contributed by atoms with Crippen LogP contribution in [0, 0.1) is 0 Å². The molecular formula is C4H11OP. The second-order valence-electron chi connectivity index (χ2n) is 1.81. The lowest BCUT2D eigenvalue weighted by Crippen LogP contribution is -2.10. The van der Waals surface area contributed by atoms with Crippen LogP contribution in [0.3, 0.4) is 0 Å². The lowest BCUT2D eigenvalue weighted by Gasteiger charge is -2.13. The van der Waals surface area contributed by atoms with E-state index in [9.17, 15) is 0 Å². The molecular weight excluding hydrogens is 95.0 g/mol. The summed E-state index contributed by atoms with van der Waals surface area (Å²) >= 11 is 0. The molecule has 0 aliphatic heterocycles. The molecule has 1 atom stereocenters. The van der Waals surface area contributed by atoms with Crippen molar-refractivity contribution in [3.63, 3.8) is 0 Å². The molecule has 0 aromatic heterocycles. The van der Waals surface area contributed by atoms with Gasteiger partial charge in [0.15, 0.2) is 0 Å². The quantitative estimate of drug-likeness (QED) is 0.457.